The van der Waals surface area contributed by atoms with Crippen LogP contribution in [0.25, 0.3) is 0 Å². The average Bonchev–Trinajstić information content (AvgIpc) is 3.31. The van der Waals surface area contributed by atoms with E-state index < -0.39 is 96.1 Å². The smallest absolute Gasteiger partial charge is 0.336 e. The predicted octanol–water partition coefficient (Wildman–Crippen LogP) is 8.15. The van der Waals surface area contributed by atoms with Crippen LogP contribution in [-0.2, 0) is 38.1 Å². The minimum atomic E-state index is -1.67. The number of carbonyl (C=O) groups is 3. The third-order valence-corrected chi connectivity index (χ3v) is 20.5. The van der Waals surface area contributed by atoms with Crippen LogP contribution in [-0.4, -0.2) is 122 Å². The molecule has 412 valence electrons. The molecule has 0 aromatic carbocycles. The number of allylic oxidation sites excluding steroid dienone is 4. The molecular formula is C59H92O14. The van der Waals surface area contributed by atoms with Gasteiger partial charge >= 0.3 is 17.9 Å². The summed E-state index contributed by atoms with van der Waals surface area (Å²) in [4.78, 5) is 41.8. The Morgan fingerprint density at radius 1 is 0.822 bits per heavy atom. The molecule has 5 aliphatic carbocycles. The summed E-state index contributed by atoms with van der Waals surface area (Å²) in [7, 11) is 0. The van der Waals surface area contributed by atoms with E-state index in [9.17, 15) is 45.0 Å². The van der Waals surface area contributed by atoms with Crippen LogP contribution in [0.2, 0.25) is 0 Å². The zero-order chi connectivity index (χ0) is 54.5. The van der Waals surface area contributed by atoms with Crippen molar-refractivity contribution >= 4 is 17.9 Å². The van der Waals surface area contributed by atoms with E-state index in [0.29, 0.717) is 30.6 Å². The van der Waals surface area contributed by atoms with E-state index in [1.54, 1.807) is 33.8 Å². The van der Waals surface area contributed by atoms with Crippen molar-refractivity contribution in [3.05, 3.63) is 60.3 Å². The first-order valence-electron chi connectivity index (χ1n) is 27.2. The molecule has 4 saturated carbocycles. The Hall–Kier alpha value is -3.21. The Bertz CT molecular complexity index is 2160. The molecule has 0 bridgehead atoms. The molecule has 5 fully saturated rings. The van der Waals surface area contributed by atoms with Crippen molar-refractivity contribution in [3.8, 4) is 0 Å². The van der Waals surface area contributed by atoms with Crippen LogP contribution in [0.4, 0.5) is 0 Å². The molecule has 73 heavy (non-hydrogen) atoms. The van der Waals surface area contributed by atoms with E-state index in [-0.39, 0.29) is 77.4 Å². The molecule has 1 heterocycles. The van der Waals surface area contributed by atoms with E-state index in [1.807, 2.05) is 13.8 Å². The monoisotopic (exact) mass is 1020 g/mol. The minimum Gasteiger partial charge on any atom is -0.465 e. The molecule has 0 amide bonds. The van der Waals surface area contributed by atoms with Crippen molar-refractivity contribution in [1.82, 2.24) is 0 Å². The van der Waals surface area contributed by atoms with Gasteiger partial charge in [-0.2, -0.15) is 0 Å². The average molecular weight is 1030 g/mol. The summed E-state index contributed by atoms with van der Waals surface area (Å²) in [5.74, 6) is -0.794. The molecule has 6 N–H and O–H groups in total. The number of ether oxygens (including phenoxy) is 5. The number of esters is 3. The highest BCUT2D eigenvalue weighted by molar-refractivity contribution is 5.89. The van der Waals surface area contributed by atoms with E-state index in [0.717, 1.165) is 19.3 Å². The zero-order valence-electron chi connectivity index (χ0n) is 46.2. The quantitative estimate of drug-likeness (QED) is 0.0331. The lowest BCUT2D eigenvalue weighted by Gasteiger charge is -2.72. The maximum Gasteiger partial charge on any atom is 0.336 e. The highest BCUT2D eigenvalue weighted by Crippen LogP contribution is 2.76. The van der Waals surface area contributed by atoms with Gasteiger partial charge in [0.15, 0.2) is 12.4 Å². The maximum absolute atomic E-state index is 14.6. The van der Waals surface area contributed by atoms with Gasteiger partial charge in [0.25, 0.3) is 0 Å². The van der Waals surface area contributed by atoms with Gasteiger partial charge in [0, 0.05) is 11.8 Å². The topological polar surface area (TPSA) is 219 Å². The van der Waals surface area contributed by atoms with Gasteiger partial charge < -0.3 is 54.3 Å². The number of rotatable bonds is 18. The first-order valence-corrected chi connectivity index (χ1v) is 27.2. The summed E-state index contributed by atoms with van der Waals surface area (Å²) < 4.78 is 29.9. The maximum atomic E-state index is 14.6. The van der Waals surface area contributed by atoms with E-state index in [4.69, 9.17) is 23.7 Å². The van der Waals surface area contributed by atoms with Crippen LogP contribution < -0.4 is 0 Å². The number of hydrogen-bond donors (Lipinski definition) is 6. The molecule has 14 nitrogen and oxygen atoms in total. The summed E-state index contributed by atoms with van der Waals surface area (Å²) in [6.45, 7) is 31.7. The van der Waals surface area contributed by atoms with Gasteiger partial charge in [-0.3, -0.25) is 4.79 Å². The van der Waals surface area contributed by atoms with Gasteiger partial charge in [0.2, 0.25) is 0 Å². The standard InChI is InChI=1S/C59H92O14/c1-15-54(10,68)26-18-20-38(34-61)49(66)72-47-36(5)70-50(46(64)45(47)63)73-55(11,16-2)27-19-21-37(33-60)48(65)71-44-32-59(51(67)69-17-3)40(30-52(44,6)7)39-22-23-42-56(12)28-24-35(4)53(8,9)41(56)25-29-57(42,13)58(39,14)31-43(59)62/h15-16,20-22,35-36,40-47,50,60-64,68H,1-2,17-19,23-34H2,3-14H3/b37-21+,38-20+/t35?,36?,40?,41?,42?,43?,44?,45?,46?,47?,50?,54?,55-,56?,57?,58?,59?/m1/s1. The fourth-order valence-electron chi connectivity index (χ4n) is 15.1. The van der Waals surface area contributed by atoms with Crippen LogP contribution in [0.5, 0.6) is 0 Å². The molecule has 6 aliphatic rings. The molecule has 17 atom stereocenters. The molecule has 1 saturated heterocycles. The highest BCUT2D eigenvalue weighted by atomic mass is 16.7. The van der Waals surface area contributed by atoms with Crippen molar-refractivity contribution in [1.29, 1.82) is 0 Å². The molecule has 0 radical (unpaired) electrons. The Kier molecular flexibility index (Phi) is 17.5. The fraction of sp³-hybridized carbons (Fsp3) is 0.780. The van der Waals surface area contributed by atoms with Crippen LogP contribution in [0.3, 0.4) is 0 Å². The van der Waals surface area contributed by atoms with Crippen molar-refractivity contribution < 1.29 is 68.7 Å². The van der Waals surface area contributed by atoms with Crippen molar-refractivity contribution in [3.63, 3.8) is 0 Å². The van der Waals surface area contributed by atoms with Crippen LogP contribution in [0.1, 0.15) is 160 Å². The Morgan fingerprint density at radius 3 is 2.03 bits per heavy atom. The number of carbonyl (C=O) groups excluding carboxylic acids is 3. The number of aliphatic hydroxyl groups is 6. The van der Waals surface area contributed by atoms with Gasteiger partial charge in [-0.15, -0.1) is 13.2 Å². The largest absolute Gasteiger partial charge is 0.465 e. The van der Waals surface area contributed by atoms with E-state index in [2.05, 4.69) is 60.8 Å². The Balaban J connectivity index is 1.15. The van der Waals surface area contributed by atoms with Crippen molar-refractivity contribution in [2.24, 2.45) is 56.2 Å². The SMILES string of the molecule is C=CC(C)(O)CC/C=C(\CO)C(=O)OC1C(C)OC(O[C@](C)(C=C)CC/C=C(\CO)C(=O)OC2CC3(C(=O)OCC)C(O)CC4(C)C(=CCC5C6(C)CCC(C)C(C)(C)C6CCC54C)C3CC2(C)C)C(O)C1O. The molecule has 1 aliphatic heterocycles. The van der Waals surface area contributed by atoms with Gasteiger partial charge in [0.05, 0.1) is 54.4 Å². The first kappa shape index (κ1) is 59.0. The second-order valence-electron chi connectivity index (χ2n) is 25.5. The van der Waals surface area contributed by atoms with Crippen LogP contribution in [0.15, 0.2) is 60.3 Å². The zero-order valence-corrected chi connectivity index (χ0v) is 46.2. The summed E-state index contributed by atoms with van der Waals surface area (Å²) in [5, 5.41) is 65.7. The lowest BCUT2D eigenvalue weighted by Crippen LogP contribution is -2.68. The number of aliphatic hydroxyl groups excluding tert-OH is 5. The molecule has 16 unspecified atom stereocenters. The van der Waals surface area contributed by atoms with Crippen molar-refractivity contribution in [2.75, 3.05) is 19.8 Å². The normalized spacial score (nSPS) is 40.6. The first-order chi connectivity index (χ1) is 33.9. The van der Waals surface area contributed by atoms with Gasteiger partial charge in [-0.25, -0.2) is 9.59 Å². The minimum absolute atomic E-state index is 0.00494. The van der Waals surface area contributed by atoms with Gasteiger partial charge in [-0.05, 0) is 144 Å². The second kappa shape index (κ2) is 21.7. The summed E-state index contributed by atoms with van der Waals surface area (Å²) in [5.41, 5.74) is -3.32. The summed E-state index contributed by atoms with van der Waals surface area (Å²) >= 11 is 0. The van der Waals surface area contributed by atoms with Gasteiger partial charge in [-0.1, -0.05) is 91.3 Å². The summed E-state index contributed by atoms with van der Waals surface area (Å²) in [6.07, 6.45) is 6.75. The van der Waals surface area contributed by atoms with Crippen LogP contribution >= 0.6 is 0 Å². The number of fused-ring (bicyclic) bond motifs is 7. The molecule has 0 aromatic heterocycles. The second-order valence-corrected chi connectivity index (χ2v) is 25.5. The third-order valence-electron chi connectivity index (χ3n) is 20.5. The van der Waals surface area contributed by atoms with Gasteiger partial charge in [0.1, 0.15) is 23.7 Å². The lowest BCUT2D eigenvalue weighted by atomic mass is 9.33. The molecular weight excluding hydrogens is 933 g/mol. The Morgan fingerprint density at radius 2 is 1.44 bits per heavy atom. The molecule has 6 rings (SSSR count). The molecule has 0 spiro atoms. The summed E-state index contributed by atoms with van der Waals surface area (Å²) in [6, 6.07) is 0. The molecule has 0 aromatic rings. The Labute approximate surface area is 435 Å². The third kappa shape index (κ3) is 10.6. The van der Waals surface area contributed by atoms with E-state index >= 15 is 0 Å². The van der Waals surface area contributed by atoms with E-state index in [1.165, 1.54) is 36.6 Å². The van der Waals surface area contributed by atoms with Crippen LogP contribution in [0, 0.1) is 56.2 Å². The highest BCUT2D eigenvalue weighted by Gasteiger charge is 2.72. The fourth-order valence-corrected chi connectivity index (χ4v) is 15.1. The predicted molar refractivity (Wildman–Crippen MR) is 277 cm³/mol. The molecule has 14 heteroatoms. The number of hydrogen-bond acceptors (Lipinski definition) is 14. The lowest BCUT2D eigenvalue weighted by molar-refractivity contribution is -0.314. The van der Waals surface area contributed by atoms with Crippen molar-refractivity contribution in [2.45, 2.75) is 214 Å².